The molecule has 2 aromatic rings. The van der Waals surface area contributed by atoms with E-state index in [1.807, 2.05) is 0 Å². The number of rotatable bonds is 10. The molecule has 0 radical (unpaired) electrons. The highest BCUT2D eigenvalue weighted by atomic mass is 19.4. The Morgan fingerprint density at radius 2 is 1.97 bits per heavy atom. The quantitative estimate of drug-likeness (QED) is 0.216. The van der Waals surface area contributed by atoms with E-state index in [9.17, 15) is 23.1 Å². The normalized spacial score (nSPS) is 12.9. The Balaban J connectivity index is 2.42. The summed E-state index contributed by atoms with van der Waals surface area (Å²) in [5.41, 5.74) is -0.192. The van der Waals surface area contributed by atoms with Crippen LogP contribution in [0.2, 0.25) is 0 Å². The third-order valence-electron chi connectivity index (χ3n) is 3.67. The average Bonchev–Trinajstić information content (AvgIpc) is 2.77. The van der Waals surface area contributed by atoms with Crippen LogP contribution in [0.3, 0.4) is 0 Å². The van der Waals surface area contributed by atoms with Crippen LogP contribution in [0.4, 0.5) is 24.7 Å². The molecule has 2 heterocycles. The Morgan fingerprint density at radius 1 is 1.28 bits per heavy atom. The number of carbonyl (C=O) groups is 1. The smallest absolute Gasteiger partial charge is 0.422 e. The van der Waals surface area contributed by atoms with Crippen LogP contribution >= 0.6 is 0 Å². The van der Waals surface area contributed by atoms with Crippen LogP contribution in [0.15, 0.2) is 36.3 Å². The number of amides is 1. The van der Waals surface area contributed by atoms with Gasteiger partial charge >= 0.3 is 6.18 Å². The van der Waals surface area contributed by atoms with Crippen molar-refractivity contribution in [2.45, 2.75) is 12.4 Å². The van der Waals surface area contributed by atoms with Gasteiger partial charge in [-0.05, 0) is 7.05 Å². The number of aromatic nitrogens is 4. The number of alkyl halides is 3. The molecule has 1 atom stereocenters. The lowest BCUT2D eigenvalue weighted by atomic mass is 10.2. The Kier molecular flexibility index (Phi) is 8.37. The second kappa shape index (κ2) is 11.0. The minimum absolute atomic E-state index is 0.0549. The number of allylic oxidation sites excluding steroid dienone is 1. The zero-order valence-corrected chi connectivity index (χ0v) is 16.9. The van der Waals surface area contributed by atoms with Gasteiger partial charge in [0.05, 0.1) is 35.7 Å². The monoisotopic (exact) mass is 455 g/mol. The topological polar surface area (TPSA) is 170 Å². The number of likely N-dealkylation sites (N-methyl/N-ethyl adjacent to an activating group) is 2. The van der Waals surface area contributed by atoms with Gasteiger partial charge in [-0.3, -0.25) is 10.1 Å². The van der Waals surface area contributed by atoms with E-state index < -0.39 is 36.5 Å². The van der Waals surface area contributed by atoms with Gasteiger partial charge in [0.1, 0.15) is 12.6 Å². The molecule has 1 amide bonds. The molecule has 2 rings (SSSR count). The molecule has 32 heavy (non-hydrogen) atoms. The molecule has 15 heteroatoms. The number of carbonyl (C=O) groups excluding carboxylic acids is 1. The van der Waals surface area contributed by atoms with Crippen LogP contribution in [-0.4, -0.2) is 70.3 Å². The molecule has 0 aliphatic rings. The first-order valence-corrected chi connectivity index (χ1v) is 8.86. The van der Waals surface area contributed by atoms with E-state index in [0.29, 0.717) is 5.69 Å². The van der Waals surface area contributed by atoms with E-state index in [4.69, 9.17) is 5.41 Å². The van der Waals surface area contributed by atoms with Crippen molar-refractivity contribution < 1.29 is 27.8 Å². The Labute approximate surface area is 179 Å². The molecular formula is C17H20F3N9O3. The standard InChI is InChI=1S/C17H20F3N9O3/c1-22-12(15(30)23-2)10(3-21)28-16(31)13-14(27-9-4-24-8-25-5-9)26-6-11(29-13)32-7-17(18,19)20/h3-6,8,15,21-23,30H,7H2,1-2H3,(H,26,27)(H,28,31)/b12-10+,21-3?. The number of aliphatic hydroxyl groups excluding tert-OH is 1. The van der Waals surface area contributed by atoms with Crippen LogP contribution in [0, 0.1) is 5.41 Å². The molecule has 1 unspecified atom stereocenters. The van der Waals surface area contributed by atoms with Crippen LogP contribution in [-0.2, 0) is 0 Å². The second-order valence-electron chi connectivity index (χ2n) is 5.93. The number of halogens is 3. The summed E-state index contributed by atoms with van der Waals surface area (Å²) in [5.74, 6) is -1.63. The molecule has 0 fully saturated rings. The minimum Gasteiger partial charge on any atom is -0.467 e. The van der Waals surface area contributed by atoms with Gasteiger partial charge < -0.3 is 31.2 Å². The number of nitrogens with one attached hydrogen (secondary N) is 5. The summed E-state index contributed by atoms with van der Waals surface area (Å²) in [4.78, 5) is 28.2. The summed E-state index contributed by atoms with van der Waals surface area (Å²) in [6.45, 7) is -1.63. The summed E-state index contributed by atoms with van der Waals surface area (Å²) in [5, 5.41) is 27.8. The molecule has 2 aromatic heterocycles. The lowest BCUT2D eigenvalue weighted by Gasteiger charge is -2.18. The summed E-state index contributed by atoms with van der Waals surface area (Å²) >= 11 is 0. The summed E-state index contributed by atoms with van der Waals surface area (Å²) in [6.07, 6.45) is -0.185. The number of anilines is 2. The van der Waals surface area contributed by atoms with Gasteiger partial charge in [-0.2, -0.15) is 13.2 Å². The van der Waals surface area contributed by atoms with Crippen molar-refractivity contribution in [2.24, 2.45) is 0 Å². The third kappa shape index (κ3) is 6.85. The highest BCUT2D eigenvalue weighted by Crippen LogP contribution is 2.21. The summed E-state index contributed by atoms with van der Waals surface area (Å²) in [6, 6.07) is 0. The number of ether oxygens (including phenoxy) is 1. The first kappa shape index (κ1) is 24.4. The molecule has 0 bridgehead atoms. The second-order valence-corrected chi connectivity index (χ2v) is 5.93. The maximum absolute atomic E-state index is 12.9. The van der Waals surface area contributed by atoms with Crippen LogP contribution in [0.5, 0.6) is 5.88 Å². The highest BCUT2D eigenvalue weighted by Gasteiger charge is 2.29. The van der Waals surface area contributed by atoms with Crippen molar-refractivity contribution in [1.29, 1.82) is 5.41 Å². The van der Waals surface area contributed by atoms with Crippen molar-refractivity contribution >= 4 is 23.6 Å². The molecule has 0 saturated carbocycles. The Morgan fingerprint density at radius 3 is 2.53 bits per heavy atom. The zero-order chi connectivity index (χ0) is 23.7. The lowest BCUT2D eigenvalue weighted by Crippen LogP contribution is -2.38. The van der Waals surface area contributed by atoms with E-state index in [1.54, 1.807) is 0 Å². The summed E-state index contributed by atoms with van der Waals surface area (Å²) < 4.78 is 42.0. The van der Waals surface area contributed by atoms with Gasteiger partial charge in [0.2, 0.25) is 5.88 Å². The third-order valence-corrected chi connectivity index (χ3v) is 3.67. The van der Waals surface area contributed by atoms with E-state index in [0.717, 1.165) is 12.4 Å². The molecule has 0 spiro atoms. The predicted molar refractivity (Wildman–Crippen MR) is 106 cm³/mol. The SMILES string of the molecule is CN/C(=C(\C=N)NC(=O)c1nc(OCC(F)(F)F)cnc1Nc1cncnc1)C(O)NC. The maximum atomic E-state index is 12.9. The molecule has 0 aromatic carbocycles. The average molecular weight is 455 g/mol. The molecule has 0 aliphatic heterocycles. The van der Waals surface area contributed by atoms with Crippen molar-refractivity contribution in [3.63, 3.8) is 0 Å². The molecular weight excluding hydrogens is 435 g/mol. The van der Waals surface area contributed by atoms with Crippen LogP contribution in [0.1, 0.15) is 10.5 Å². The first-order chi connectivity index (χ1) is 15.2. The summed E-state index contributed by atoms with van der Waals surface area (Å²) in [7, 11) is 2.90. The van der Waals surface area contributed by atoms with Gasteiger partial charge in [0.25, 0.3) is 5.91 Å². The molecule has 0 aliphatic carbocycles. The number of hydrogen-bond donors (Lipinski definition) is 6. The van der Waals surface area contributed by atoms with Crippen LogP contribution in [0.25, 0.3) is 0 Å². The lowest BCUT2D eigenvalue weighted by molar-refractivity contribution is -0.154. The van der Waals surface area contributed by atoms with E-state index in [2.05, 4.69) is 45.9 Å². The van der Waals surface area contributed by atoms with Gasteiger partial charge in [0, 0.05) is 13.3 Å². The fourth-order valence-corrected chi connectivity index (χ4v) is 2.27. The molecule has 6 N–H and O–H groups in total. The number of aliphatic hydroxyl groups is 1. The van der Waals surface area contributed by atoms with Gasteiger partial charge in [-0.15, -0.1) is 0 Å². The predicted octanol–water partition coefficient (Wildman–Crippen LogP) is 0.299. The van der Waals surface area contributed by atoms with E-state index in [1.165, 1.54) is 32.8 Å². The Hall–Kier alpha value is -3.85. The first-order valence-electron chi connectivity index (χ1n) is 8.86. The maximum Gasteiger partial charge on any atom is 0.422 e. The Bertz CT molecular complexity index is 971. The molecule has 0 saturated heterocycles. The van der Waals surface area contributed by atoms with E-state index in [-0.39, 0.29) is 17.2 Å². The zero-order valence-electron chi connectivity index (χ0n) is 16.9. The van der Waals surface area contributed by atoms with Gasteiger partial charge in [0.15, 0.2) is 18.1 Å². The van der Waals surface area contributed by atoms with Gasteiger partial charge in [-0.25, -0.2) is 19.9 Å². The molecule has 172 valence electrons. The number of nitrogens with zero attached hydrogens (tertiary/aromatic N) is 4. The van der Waals surface area contributed by atoms with Crippen molar-refractivity contribution in [3.05, 3.63) is 42.0 Å². The van der Waals surface area contributed by atoms with Gasteiger partial charge in [-0.1, -0.05) is 0 Å². The van der Waals surface area contributed by atoms with Crippen molar-refractivity contribution in [3.8, 4) is 5.88 Å². The van der Waals surface area contributed by atoms with Crippen LogP contribution < -0.4 is 26.0 Å². The fourth-order valence-electron chi connectivity index (χ4n) is 2.27. The highest BCUT2D eigenvalue weighted by molar-refractivity contribution is 6.01. The van der Waals surface area contributed by atoms with E-state index >= 15 is 0 Å². The number of hydrogen-bond acceptors (Lipinski definition) is 11. The minimum atomic E-state index is -4.62. The fraction of sp³-hybridized carbons (Fsp3) is 0.294. The van der Waals surface area contributed by atoms with Crippen molar-refractivity contribution in [2.75, 3.05) is 26.0 Å². The molecule has 12 nitrogen and oxygen atoms in total. The van der Waals surface area contributed by atoms with Crippen molar-refractivity contribution in [1.82, 2.24) is 35.9 Å². The largest absolute Gasteiger partial charge is 0.467 e.